The maximum absolute atomic E-state index is 13.5. The van der Waals surface area contributed by atoms with E-state index in [1.807, 2.05) is 0 Å². The molecular weight excluding hydrogens is 245 g/mol. The van der Waals surface area contributed by atoms with Crippen molar-refractivity contribution in [3.8, 4) is 5.75 Å². The summed E-state index contributed by atoms with van der Waals surface area (Å²) in [6.45, 7) is 2.83. The van der Waals surface area contributed by atoms with E-state index in [1.54, 1.807) is 0 Å². The van der Waals surface area contributed by atoms with E-state index in [0.717, 1.165) is 18.9 Å². The monoisotopic (exact) mass is 265 g/mol. The summed E-state index contributed by atoms with van der Waals surface area (Å²) < 4.78 is 13.5. The van der Waals surface area contributed by atoms with Gasteiger partial charge in [-0.15, -0.1) is 0 Å². The van der Waals surface area contributed by atoms with Gasteiger partial charge in [-0.25, -0.2) is 4.39 Å². The lowest BCUT2D eigenvalue weighted by Crippen LogP contribution is -2.31. The number of benzene rings is 1. The molecule has 0 bridgehead atoms. The van der Waals surface area contributed by atoms with Crippen molar-refractivity contribution in [2.75, 3.05) is 6.54 Å². The molecule has 0 heterocycles. The third-order valence-corrected chi connectivity index (χ3v) is 3.79. The molecule has 2 atom stereocenters. The highest BCUT2D eigenvalue weighted by Gasteiger charge is 2.20. The molecule has 0 saturated heterocycles. The molecule has 0 aliphatic heterocycles. The van der Waals surface area contributed by atoms with E-state index >= 15 is 0 Å². The first kappa shape index (κ1) is 13.8. The first-order valence-corrected chi connectivity index (χ1v) is 6.83. The minimum atomic E-state index is -0.686. The van der Waals surface area contributed by atoms with E-state index < -0.39 is 11.7 Å². The lowest BCUT2D eigenvalue weighted by atomic mass is 9.82. The zero-order chi connectivity index (χ0) is 13.8. The molecule has 4 heteroatoms. The van der Waals surface area contributed by atoms with Crippen LogP contribution >= 0.6 is 0 Å². The number of rotatable bonds is 3. The second kappa shape index (κ2) is 6.04. The molecule has 1 fully saturated rings. The summed E-state index contributed by atoms with van der Waals surface area (Å²) in [5.41, 5.74) is -0.0124. The van der Waals surface area contributed by atoms with Crippen molar-refractivity contribution in [3.63, 3.8) is 0 Å². The molecule has 1 aromatic carbocycles. The van der Waals surface area contributed by atoms with Crippen LogP contribution in [0.4, 0.5) is 4.39 Å². The van der Waals surface area contributed by atoms with Gasteiger partial charge >= 0.3 is 0 Å². The third kappa shape index (κ3) is 3.69. The molecule has 1 amide bonds. The lowest BCUT2D eigenvalue weighted by molar-refractivity contribution is 0.0936. The van der Waals surface area contributed by atoms with E-state index in [4.69, 9.17) is 5.11 Å². The number of hydrogen-bond acceptors (Lipinski definition) is 2. The molecule has 2 rings (SSSR count). The van der Waals surface area contributed by atoms with Gasteiger partial charge in [-0.1, -0.05) is 19.8 Å². The maximum Gasteiger partial charge on any atom is 0.254 e. The van der Waals surface area contributed by atoms with Crippen LogP contribution in [0, 0.1) is 17.7 Å². The highest BCUT2D eigenvalue weighted by molar-refractivity contribution is 5.94. The van der Waals surface area contributed by atoms with Gasteiger partial charge in [-0.05, 0) is 36.8 Å². The van der Waals surface area contributed by atoms with Crippen molar-refractivity contribution in [3.05, 3.63) is 29.6 Å². The Labute approximate surface area is 112 Å². The van der Waals surface area contributed by atoms with Crippen LogP contribution in [0.5, 0.6) is 5.75 Å². The van der Waals surface area contributed by atoms with Gasteiger partial charge in [-0.2, -0.15) is 0 Å². The number of phenols is 1. The van der Waals surface area contributed by atoms with Crippen LogP contribution < -0.4 is 5.32 Å². The Hall–Kier alpha value is -1.58. The number of carbonyl (C=O) groups is 1. The van der Waals surface area contributed by atoms with Gasteiger partial charge in [0.25, 0.3) is 5.91 Å². The summed E-state index contributed by atoms with van der Waals surface area (Å²) >= 11 is 0. The van der Waals surface area contributed by atoms with E-state index in [1.165, 1.54) is 25.0 Å². The molecule has 0 spiro atoms. The SMILES string of the molecule is CC1CCCC(CNC(=O)c2ccc(O)cc2F)C1. The number of phenolic OH excluding ortho intramolecular Hbond substituents is 1. The van der Waals surface area contributed by atoms with E-state index in [9.17, 15) is 9.18 Å². The molecule has 0 aromatic heterocycles. The molecule has 2 unspecified atom stereocenters. The normalized spacial score (nSPS) is 23.1. The summed E-state index contributed by atoms with van der Waals surface area (Å²) in [7, 11) is 0. The van der Waals surface area contributed by atoms with E-state index in [2.05, 4.69) is 12.2 Å². The second-order valence-electron chi connectivity index (χ2n) is 5.51. The molecule has 1 aliphatic rings. The third-order valence-electron chi connectivity index (χ3n) is 3.79. The topological polar surface area (TPSA) is 49.3 Å². The van der Waals surface area contributed by atoms with Gasteiger partial charge in [0, 0.05) is 12.6 Å². The second-order valence-corrected chi connectivity index (χ2v) is 5.51. The number of nitrogens with one attached hydrogen (secondary N) is 1. The predicted octanol–water partition coefficient (Wildman–Crippen LogP) is 3.09. The van der Waals surface area contributed by atoms with Crippen molar-refractivity contribution in [2.45, 2.75) is 32.6 Å². The maximum atomic E-state index is 13.5. The Morgan fingerprint density at radius 3 is 2.95 bits per heavy atom. The number of amides is 1. The minimum absolute atomic E-state index is 0.0124. The summed E-state index contributed by atoms with van der Waals surface area (Å²) in [4.78, 5) is 11.9. The number of carbonyl (C=O) groups excluding carboxylic acids is 1. The highest BCUT2D eigenvalue weighted by atomic mass is 19.1. The molecule has 104 valence electrons. The lowest BCUT2D eigenvalue weighted by Gasteiger charge is -2.26. The van der Waals surface area contributed by atoms with Crippen LogP contribution in [0.1, 0.15) is 43.0 Å². The number of aromatic hydroxyl groups is 1. The fourth-order valence-electron chi connectivity index (χ4n) is 2.77. The minimum Gasteiger partial charge on any atom is -0.508 e. The Bertz CT molecular complexity index is 461. The Balaban J connectivity index is 1.90. The van der Waals surface area contributed by atoms with Gasteiger partial charge in [0.1, 0.15) is 11.6 Å². The van der Waals surface area contributed by atoms with Crippen molar-refractivity contribution in [1.29, 1.82) is 0 Å². The largest absolute Gasteiger partial charge is 0.508 e. The number of halogens is 1. The fourth-order valence-corrected chi connectivity index (χ4v) is 2.77. The van der Waals surface area contributed by atoms with Crippen LogP contribution in [0.2, 0.25) is 0 Å². The number of hydrogen-bond donors (Lipinski definition) is 2. The molecule has 1 aromatic rings. The van der Waals surface area contributed by atoms with Gasteiger partial charge < -0.3 is 10.4 Å². The highest BCUT2D eigenvalue weighted by Crippen LogP contribution is 2.28. The van der Waals surface area contributed by atoms with Crippen LogP contribution in [0.15, 0.2) is 18.2 Å². The summed E-state index contributed by atoms with van der Waals surface area (Å²) in [6, 6.07) is 3.59. The van der Waals surface area contributed by atoms with E-state index in [0.29, 0.717) is 18.4 Å². The summed E-state index contributed by atoms with van der Waals surface area (Å²) in [5, 5.41) is 11.9. The average molecular weight is 265 g/mol. The smallest absolute Gasteiger partial charge is 0.254 e. The average Bonchev–Trinajstić information content (AvgIpc) is 2.36. The summed E-state index contributed by atoms with van der Waals surface area (Å²) in [6.07, 6.45) is 4.72. The van der Waals surface area contributed by atoms with Gasteiger partial charge in [0.2, 0.25) is 0 Å². The predicted molar refractivity (Wildman–Crippen MR) is 71.5 cm³/mol. The van der Waals surface area contributed by atoms with Crippen molar-refractivity contribution >= 4 is 5.91 Å². The first-order valence-electron chi connectivity index (χ1n) is 6.83. The van der Waals surface area contributed by atoms with Crippen LogP contribution in [-0.4, -0.2) is 17.6 Å². The molecule has 0 radical (unpaired) electrons. The Kier molecular flexibility index (Phi) is 4.40. The first-order chi connectivity index (χ1) is 9.06. The molecule has 19 heavy (non-hydrogen) atoms. The van der Waals surface area contributed by atoms with E-state index in [-0.39, 0.29) is 11.3 Å². The van der Waals surface area contributed by atoms with Crippen LogP contribution in [0.25, 0.3) is 0 Å². The van der Waals surface area contributed by atoms with Crippen LogP contribution in [-0.2, 0) is 0 Å². The van der Waals surface area contributed by atoms with Crippen LogP contribution in [0.3, 0.4) is 0 Å². The zero-order valence-corrected chi connectivity index (χ0v) is 11.2. The standard InChI is InChI=1S/C15H20FNO2/c1-10-3-2-4-11(7-10)9-17-15(19)13-6-5-12(18)8-14(13)16/h5-6,8,10-11,18H,2-4,7,9H2,1H3,(H,17,19). The Morgan fingerprint density at radius 1 is 1.47 bits per heavy atom. The summed E-state index contributed by atoms with van der Waals surface area (Å²) in [5.74, 6) is -0.0608. The van der Waals surface area contributed by atoms with Crippen molar-refractivity contribution < 1.29 is 14.3 Å². The van der Waals surface area contributed by atoms with Crippen molar-refractivity contribution in [1.82, 2.24) is 5.32 Å². The van der Waals surface area contributed by atoms with Gasteiger partial charge in [-0.3, -0.25) is 4.79 Å². The molecule has 2 N–H and O–H groups in total. The zero-order valence-electron chi connectivity index (χ0n) is 11.2. The van der Waals surface area contributed by atoms with Gasteiger partial charge in [0.05, 0.1) is 5.56 Å². The van der Waals surface area contributed by atoms with Gasteiger partial charge in [0.15, 0.2) is 0 Å². The fraction of sp³-hybridized carbons (Fsp3) is 0.533. The van der Waals surface area contributed by atoms with Crippen molar-refractivity contribution in [2.24, 2.45) is 11.8 Å². The molecule has 1 aliphatic carbocycles. The Morgan fingerprint density at radius 2 is 2.26 bits per heavy atom. The molecular formula is C15H20FNO2. The molecule has 1 saturated carbocycles. The molecule has 3 nitrogen and oxygen atoms in total. The quantitative estimate of drug-likeness (QED) is 0.882.